The van der Waals surface area contributed by atoms with Crippen molar-refractivity contribution in [1.29, 1.82) is 0 Å². The first-order valence-corrected chi connectivity index (χ1v) is 32.4. The molecule has 0 spiro atoms. The van der Waals surface area contributed by atoms with Gasteiger partial charge in [-0.05, 0) is 171 Å². The minimum absolute atomic E-state index is 0.0475. The van der Waals surface area contributed by atoms with Crippen LogP contribution in [0.2, 0.25) is 0 Å². The van der Waals surface area contributed by atoms with Crippen molar-refractivity contribution in [3.8, 4) is 11.1 Å². The fourth-order valence-corrected chi connectivity index (χ4v) is 18.4. The van der Waals surface area contributed by atoms with Crippen LogP contribution >= 0.6 is 0 Å². The molecule has 2 atom stereocenters. The van der Waals surface area contributed by atoms with E-state index in [0.29, 0.717) is 0 Å². The van der Waals surface area contributed by atoms with E-state index in [2.05, 4.69) is 278 Å². The van der Waals surface area contributed by atoms with Crippen molar-refractivity contribution in [2.75, 3.05) is 14.7 Å². The lowest BCUT2D eigenvalue weighted by Gasteiger charge is -2.51. The van der Waals surface area contributed by atoms with Crippen LogP contribution in [0.5, 0.6) is 0 Å². The zero-order valence-electron chi connectivity index (χ0n) is 52.5. The first kappa shape index (κ1) is 52.4. The minimum Gasteiger partial charge on any atom is -0.454 e. The van der Waals surface area contributed by atoms with E-state index in [1.165, 1.54) is 113 Å². The van der Waals surface area contributed by atoms with E-state index in [4.69, 9.17) is 8.83 Å². The molecule has 2 aromatic heterocycles. The van der Waals surface area contributed by atoms with Gasteiger partial charge in [-0.1, -0.05) is 209 Å². The molecule has 10 aromatic carbocycles. The first-order chi connectivity index (χ1) is 42.4. The lowest BCUT2D eigenvalue weighted by atomic mass is 9.32. The van der Waals surface area contributed by atoms with Crippen LogP contribution in [0.1, 0.15) is 147 Å². The van der Waals surface area contributed by atoms with Gasteiger partial charge in [-0.25, -0.2) is 0 Å². The summed E-state index contributed by atoms with van der Waals surface area (Å²) in [6, 6.07) is 74.5. The largest absolute Gasteiger partial charge is 0.454 e. The van der Waals surface area contributed by atoms with E-state index in [0.717, 1.165) is 80.9 Å². The minimum atomic E-state index is -0.306. The lowest BCUT2D eigenvalue weighted by Crippen LogP contribution is -2.62. The van der Waals surface area contributed by atoms with E-state index in [1.54, 1.807) is 0 Å². The van der Waals surface area contributed by atoms with Crippen molar-refractivity contribution in [1.82, 2.24) is 0 Å². The average molecular weight is 1140 g/mol. The highest BCUT2D eigenvalue weighted by atomic mass is 16.3. The highest BCUT2D eigenvalue weighted by molar-refractivity contribution is 7.00. The Morgan fingerprint density at radius 2 is 0.841 bits per heavy atom. The Morgan fingerprint density at radius 3 is 1.43 bits per heavy atom. The molecule has 0 N–H and O–H groups in total. The molecule has 18 rings (SSSR count). The molecule has 5 nitrogen and oxygen atoms in total. The molecule has 88 heavy (non-hydrogen) atoms. The second-order valence-electron chi connectivity index (χ2n) is 29.7. The number of benzene rings is 10. The number of hydrogen-bond acceptors (Lipinski definition) is 5. The fraction of sp³-hybridized carbons (Fsp3) is 0.268. The molecule has 0 bridgehead atoms. The van der Waals surface area contributed by atoms with Crippen LogP contribution in [-0.2, 0) is 27.1 Å². The topological polar surface area (TPSA) is 36.0 Å². The number of furan rings is 2. The third-order valence-electron chi connectivity index (χ3n) is 23.5. The van der Waals surface area contributed by atoms with E-state index in [1.807, 2.05) is 0 Å². The summed E-state index contributed by atoms with van der Waals surface area (Å²) >= 11 is 0. The van der Waals surface area contributed by atoms with Gasteiger partial charge in [0.25, 0.3) is 6.71 Å². The summed E-state index contributed by atoms with van der Waals surface area (Å²) in [4.78, 5) is 8.15. The van der Waals surface area contributed by atoms with Crippen LogP contribution in [-0.4, -0.2) is 12.3 Å². The first-order valence-electron chi connectivity index (χ1n) is 32.4. The molecule has 0 amide bonds. The van der Waals surface area contributed by atoms with Crippen LogP contribution in [0, 0.1) is 0 Å². The maximum atomic E-state index is 7.27. The molecule has 6 aliphatic rings. The molecule has 0 saturated heterocycles. The molecule has 6 heteroatoms. The molecule has 3 aliphatic carbocycles. The number of nitrogens with zero attached hydrogens (tertiary/aromatic N) is 3. The highest BCUT2D eigenvalue weighted by Gasteiger charge is 2.59. The number of anilines is 8. The fourth-order valence-electron chi connectivity index (χ4n) is 18.4. The maximum absolute atomic E-state index is 7.27. The molecule has 3 aliphatic heterocycles. The number of hydrogen-bond donors (Lipinski definition) is 0. The summed E-state index contributed by atoms with van der Waals surface area (Å²) in [7, 11) is 0. The highest BCUT2D eigenvalue weighted by Crippen LogP contribution is 2.63. The Kier molecular flexibility index (Phi) is 10.4. The van der Waals surface area contributed by atoms with Crippen LogP contribution < -0.4 is 31.1 Å². The van der Waals surface area contributed by atoms with Crippen LogP contribution in [0.25, 0.3) is 55.0 Å². The van der Waals surface area contributed by atoms with Gasteiger partial charge in [0.05, 0.1) is 16.9 Å². The number of fused-ring (bicyclic) bond motifs is 16. The summed E-state index contributed by atoms with van der Waals surface area (Å²) < 4.78 is 14.5. The molecule has 1 fully saturated rings. The van der Waals surface area contributed by atoms with E-state index < -0.39 is 0 Å². The van der Waals surface area contributed by atoms with Crippen molar-refractivity contribution in [2.45, 2.75) is 140 Å². The predicted octanol–water partition coefficient (Wildman–Crippen LogP) is 20.3. The second kappa shape index (κ2) is 17.5. The SMILES string of the molecule is CC1(C)CCC(C)(C)c2cc3c(cc21)B1c2cc4c(cc2N(c2cccc5c2oc2ccccc25)c2cc(N5c6ccc(-c7ccccc7)cc6C6(C)CCCCC56C)cc(c21)N3c1cccc2c1oc1ccccc12)C(C)(C)c1ccccc1C4(C)C. The predicted molar refractivity (Wildman–Crippen MR) is 369 cm³/mol. The molecule has 1 saturated carbocycles. The van der Waals surface area contributed by atoms with Gasteiger partial charge in [-0.2, -0.15) is 0 Å². The number of rotatable bonds is 4. The molecule has 2 unspecified atom stereocenters. The Hall–Kier alpha value is -8.74. The zero-order chi connectivity index (χ0) is 59.8. The Morgan fingerprint density at radius 1 is 0.352 bits per heavy atom. The van der Waals surface area contributed by atoms with E-state index in [-0.39, 0.29) is 39.3 Å². The van der Waals surface area contributed by atoms with Crippen molar-refractivity contribution < 1.29 is 8.83 Å². The van der Waals surface area contributed by atoms with Gasteiger partial charge < -0.3 is 23.5 Å². The summed E-state index contributed by atoms with van der Waals surface area (Å²) in [6.07, 6.45) is 6.78. The van der Waals surface area contributed by atoms with Gasteiger partial charge in [-0.3, -0.25) is 0 Å². The molecule has 0 radical (unpaired) electrons. The zero-order valence-corrected chi connectivity index (χ0v) is 52.5. The number of para-hydroxylation sites is 4. The van der Waals surface area contributed by atoms with Crippen molar-refractivity contribution in [2.24, 2.45) is 0 Å². The van der Waals surface area contributed by atoms with Gasteiger partial charge in [0.1, 0.15) is 11.2 Å². The van der Waals surface area contributed by atoms with Crippen molar-refractivity contribution in [3.63, 3.8) is 0 Å². The third-order valence-corrected chi connectivity index (χ3v) is 23.5. The third kappa shape index (κ3) is 6.74. The summed E-state index contributed by atoms with van der Waals surface area (Å²) in [5.74, 6) is 0. The van der Waals surface area contributed by atoms with Crippen LogP contribution in [0.15, 0.2) is 203 Å². The Bertz CT molecular complexity index is 5020. The van der Waals surface area contributed by atoms with Gasteiger partial charge in [0, 0.05) is 71.9 Å². The van der Waals surface area contributed by atoms with Gasteiger partial charge in [0.2, 0.25) is 0 Å². The van der Waals surface area contributed by atoms with Crippen molar-refractivity contribution in [3.05, 3.63) is 233 Å². The van der Waals surface area contributed by atoms with Gasteiger partial charge >= 0.3 is 0 Å². The molecular formula is C82H74BN3O2. The summed E-state index contributed by atoms with van der Waals surface area (Å²) in [6.45, 7) is 24.9. The molecule has 5 heterocycles. The van der Waals surface area contributed by atoms with Crippen LogP contribution in [0.3, 0.4) is 0 Å². The van der Waals surface area contributed by atoms with E-state index >= 15 is 0 Å². The van der Waals surface area contributed by atoms with Gasteiger partial charge in [0.15, 0.2) is 11.2 Å². The monoisotopic (exact) mass is 1140 g/mol. The summed E-state index contributed by atoms with van der Waals surface area (Å²) in [5.41, 5.74) is 28.2. The van der Waals surface area contributed by atoms with Crippen molar-refractivity contribution >= 4 is 112 Å². The Balaban J connectivity index is 1.02. The standard InChI is InChI=1S/C82H74BN3O2/c1-77(2)40-41-78(3,4)59-47-68-63(45-58(59)77)83-64-46-60-61(80(7,8)57-31-17-16-30-56(57)79(60,5)6)48-69(64)85(67-33-23-29-55-53-27-15-19-35-73(53)88-76(55)67)71-44-51(43-70(74(71)83)84(68)66-32-22-28-54-52-26-14-18-34-72(52)87-75(54)66)86-65-37-36-50(49-24-12-11-13-25-49)42-62(65)81(9)38-20-21-39-82(81,86)10/h11-19,22-37,42-48H,20-21,38-41H2,1-10H3. The maximum Gasteiger partial charge on any atom is 0.252 e. The molecular weight excluding hydrogens is 1070 g/mol. The normalized spacial score (nSPS) is 21.2. The summed E-state index contributed by atoms with van der Waals surface area (Å²) in [5, 5.41) is 4.48. The molecule has 432 valence electrons. The second-order valence-corrected chi connectivity index (χ2v) is 29.7. The lowest BCUT2D eigenvalue weighted by molar-refractivity contribution is 0.195. The van der Waals surface area contributed by atoms with Crippen LogP contribution in [0.4, 0.5) is 45.5 Å². The Labute approximate surface area is 517 Å². The quantitative estimate of drug-likeness (QED) is 0.164. The average Bonchev–Trinajstić information content (AvgIpc) is 0.927. The van der Waals surface area contributed by atoms with Gasteiger partial charge in [-0.15, -0.1) is 0 Å². The molecule has 12 aromatic rings. The smallest absolute Gasteiger partial charge is 0.252 e. The van der Waals surface area contributed by atoms with E-state index in [9.17, 15) is 0 Å².